The number of nitrogens with one attached hydrogen (secondary N) is 1. The van der Waals surface area contributed by atoms with Crippen LogP contribution in [0, 0.1) is 6.92 Å². The first kappa shape index (κ1) is 17.3. The Hall–Kier alpha value is -2.53. The lowest BCUT2D eigenvalue weighted by Gasteiger charge is -2.04. The minimum atomic E-state index is 0.0895. The highest BCUT2D eigenvalue weighted by atomic mass is 32.1. The molecule has 2 heterocycles. The number of benzene rings is 1. The van der Waals surface area contributed by atoms with Crippen LogP contribution in [0.4, 0.5) is 0 Å². The molecule has 3 rings (SSSR count). The van der Waals surface area contributed by atoms with Crippen molar-refractivity contribution in [1.82, 2.24) is 15.3 Å². The number of thiazole rings is 1. The predicted molar refractivity (Wildman–Crippen MR) is 101 cm³/mol. The molecule has 0 saturated heterocycles. The van der Waals surface area contributed by atoms with Gasteiger partial charge in [0.2, 0.25) is 5.91 Å². The number of aryl methyl sites for hydroxylation is 2. The van der Waals surface area contributed by atoms with E-state index in [2.05, 4.69) is 27.4 Å². The summed E-state index contributed by atoms with van der Waals surface area (Å²) in [5.74, 6) is 0.0895. The zero-order chi connectivity index (χ0) is 17.5. The topological polar surface area (TPSA) is 54.9 Å². The molecule has 1 aromatic carbocycles. The van der Waals surface area contributed by atoms with E-state index in [0.717, 1.165) is 34.0 Å². The normalized spacial score (nSPS) is 10.6. The Balaban J connectivity index is 1.48. The van der Waals surface area contributed by atoms with Crippen molar-refractivity contribution in [3.05, 3.63) is 71.0 Å². The van der Waals surface area contributed by atoms with Crippen molar-refractivity contribution in [3.8, 4) is 10.6 Å². The van der Waals surface area contributed by atoms with Crippen LogP contribution in [0.2, 0.25) is 0 Å². The molecular weight excluding hydrogens is 330 g/mol. The Labute approximate surface area is 152 Å². The molecule has 0 spiro atoms. The van der Waals surface area contributed by atoms with Crippen LogP contribution in [-0.2, 0) is 17.8 Å². The van der Waals surface area contributed by atoms with Crippen LogP contribution in [0.15, 0.2) is 54.9 Å². The van der Waals surface area contributed by atoms with Crippen LogP contribution in [0.5, 0.6) is 0 Å². The Bertz CT molecular complexity index is 815. The molecule has 1 amide bonds. The van der Waals surface area contributed by atoms with Gasteiger partial charge in [-0.15, -0.1) is 11.3 Å². The summed E-state index contributed by atoms with van der Waals surface area (Å²) < 4.78 is 0. The van der Waals surface area contributed by atoms with Gasteiger partial charge in [0.25, 0.3) is 0 Å². The molecule has 0 unspecified atom stereocenters. The van der Waals surface area contributed by atoms with E-state index < -0.39 is 0 Å². The first-order valence-electron chi connectivity index (χ1n) is 8.39. The molecule has 1 N–H and O–H groups in total. The fourth-order valence-corrected chi connectivity index (χ4v) is 3.56. The van der Waals surface area contributed by atoms with E-state index in [0.29, 0.717) is 13.0 Å². The smallest absolute Gasteiger partial charge is 0.220 e. The predicted octanol–water partition coefficient (Wildman–Crippen LogP) is 4.15. The van der Waals surface area contributed by atoms with E-state index in [4.69, 9.17) is 0 Å². The summed E-state index contributed by atoms with van der Waals surface area (Å²) in [7, 11) is 0. The Morgan fingerprint density at radius 2 is 2.00 bits per heavy atom. The van der Waals surface area contributed by atoms with Crippen molar-refractivity contribution in [2.45, 2.75) is 32.7 Å². The fourth-order valence-electron chi connectivity index (χ4n) is 2.57. The SMILES string of the molecule is Cc1nc(-c2cccnc2)sc1CNC(=O)CCCc1ccccc1. The molecule has 0 aliphatic rings. The second-order valence-corrected chi connectivity index (χ2v) is 6.97. The van der Waals surface area contributed by atoms with Gasteiger partial charge in [-0.3, -0.25) is 9.78 Å². The van der Waals surface area contributed by atoms with Gasteiger partial charge in [0.1, 0.15) is 5.01 Å². The van der Waals surface area contributed by atoms with Gasteiger partial charge in [-0.25, -0.2) is 4.98 Å². The van der Waals surface area contributed by atoms with E-state index >= 15 is 0 Å². The molecule has 2 aromatic heterocycles. The summed E-state index contributed by atoms with van der Waals surface area (Å²) in [6, 6.07) is 14.2. The third-order valence-electron chi connectivity index (χ3n) is 3.96. The minimum Gasteiger partial charge on any atom is -0.351 e. The van der Waals surface area contributed by atoms with Crippen molar-refractivity contribution in [3.63, 3.8) is 0 Å². The molecule has 0 aliphatic carbocycles. The highest BCUT2D eigenvalue weighted by Crippen LogP contribution is 2.27. The van der Waals surface area contributed by atoms with E-state index in [1.165, 1.54) is 5.56 Å². The average molecular weight is 351 g/mol. The van der Waals surface area contributed by atoms with Gasteiger partial charge in [-0.05, 0) is 37.5 Å². The fraction of sp³-hybridized carbons (Fsp3) is 0.250. The van der Waals surface area contributed by atoms with Crippen LogP contribution in [0.1, 0.15) is 29.0 Å². The number of rotatable bonds is 7. The molecule has 3 aromatic rings. The molecular formula is C20H21N3OS. The number of carbonyl (C=O) groups excluding carboxylic acids is 1. The van der Waals surface area contributed by atoms with Gasteiger partial charge >= 0.3 is 0 Å². The quantitative estimate of drug-likeness (QED) is 0.695. The molecule has 0 atom stereocenters. The number of aromatic nitrogens is 2. The maximum Gasteiger partial charge on any atom is 0.220 e. The van der Waals surface area contributed by atoms with Crippen LogP contribution in [0.3, 0.4) is 0 Å². The molecule has 0 bridgehead atoms. The van der Waals surface area contributed by atoms with Crippen molar-refractivity contribution < 1.29 is 4.79 Å². The molecule has 0 radical (unpaired) electrons. The van der Waals surface area contributed by atoms with Crippen molar-refractivity contribution in [2.24, 2.45) is 0 Å². The Morgan fingerprint density at radius 3 is 2.76 bits per heavy atom. The van der Waals surface area contributed by atoms with Gasteiger partial charge in [0, 0.05) is 29.3 Å². The first-order chi connectivity index (χ1) is 12.2. The first-order valence-corrected chi connectivity index (χ1v) is 9.21. The minimum absolute atomic E-state index is 0.0895. The Kier molecular flexibility index (Phi) is 5.90. The molecule has 4 nitrogen and oxygen atoms in total. The zero-order valence-electron chi connectivity index (χ0n) is 14.2. The maximum atomic E-state index is 12.1. The lowest BCUT2D eigenvalue weighted by Crippen LogP contribution is -2.22. The van der Waals surface area contributed by atoms with Gasteiger partial charge in [0.05, 0.1) is 12.2 Å². The van der Waals surface area contributed by atoms with E-state index in [9.17, 15) is 4.79 Å². The molecule has 128 valence electrons. The highest BCUT2D eigenvalue weighted by molar-refractivity contribution is 7.15. The molecule has 0 aliphatic heterocycles. The van der Waals surface area contributed by atoms with Gasteiger partial charge in [-0.2, -0.15) is 0 Å². The number of pyridine rings is 1. The molecule has 25 heavy (non-hydrogen) atoms. The molecule has 5 heteroatoms. The van der Waals surface area contributed by atoms with Crippen LogP contribution >= 0.6 is 11.3 Å². The summed E-state index contributed by atoms with van der Waals surface area (Å²) in [5, 5.41) is 3.95. The maximum absolute atomic E-state index is 12.1. The Morgan fingerprint density at radius 1 is 1.16 bits per heavy atom. The number of nitrogens with zero attached hydrogens (tertiary/aromatic N) is 2. The summed E-state index contributed by atoms with van der Waals surface area (Å²) in [5.41, 5.74) is 3.25. The monoisotopic (exact) mass is 351 g/mol. The third-order valence-corrected chi connectivity index (χ3v) is 5.17. The second-order valence-electron chi connectivity index (χ2n) is 5.89. The number of hydrogen-bond acceptors (Lipinski definition) is 4. The van der Waals surface area contributed by atoms with Crippen molar-refractivity contribution in [2.75, 3.05) is 0 Å². The standard InChI is InChI=1S/C20H21N3OS/c1-15-18(25-20(23-15)17-10-6-12-21-13-17)14-22-19(24)11-5-9-16-7-3-2-4-8-16/h2-4,6-8,10,12-13H,5,9,11,14H2,1H3,(H,22,24). The van der Waals surface area contributed by atoms with Gasteiger partial charge < -0.3 is 5.32 Å². The lowest BCUT2D eigenvalue weighted by atomic mass is 10.1. The lowest BCUT2D eigenvalue weighted by molar-refractivity contribution is -0.121. The third kappa shape index (κ3) is 4.97. The van der Waals surface area contributed by atoms with Gasteiger partial charge in [-0.1, -0.05) is 30.3 Å². The van der Waals surface area contributed by atoms with E-state index in [-0.39, 0.29) is 5.91 Å². The number of carbonyl (C=O) groups is 1. The van der Waals surface area contributed by atoms with E-state index in [1.54, 1.807) is 17.5 Å². The molecule has 0 saturated carbocycles. The summed E-state index contributed by atoms with van der Waals surface area (Å²) in [6.07, 6.45) is 5.89. The highest BCUT2D eigenvalue weighted by Gasteiger charge is 2.10. The van der Waals surface area contributed by atoms with Gasteiger partial charge in [0.15, 0.2) is 0 Å². The number of hydrogen-bond donors (Lipinski definition) is 1. The zero-order valence-corrected chi connectivity index (χ0v) is 15.1. The van der Waals surface area contributed by atoms with Crippen LogP contribution < -0.4 is 5.32 Å². The van der Waals surface area contributed by atoms with Crippen molar-refractivity contribution >= 4 is 17.2 Å². The second kappa shape index (κ2) is 8.53. The summed E-state index contributed by atoms with van der Waals surface area (Å²) in [4.78, 5) is 21.9. The van der Waals surface area contributed by atoms with Crippen molar-refractivity contribution in [1.29, 1.82) is 0 Å². The number of amides is 1. The molecule has 0 fully saturated rings. The largest absolute Gasteiger partial charge is 0.351 e. The summed E-state index contributed by atoms with van der Waals surface area (Å²) in [6.45, 7) is 2.52. The van der Waals surface area contributed by atoms with Crippen LogP contribution in [0.25, 0.3) is 10.6 Å². The van der Waals surface area contributed by atoms with E-state index in [1.807, 2.05) is 43.5 Å². The average Bonchev–Trinajstić information content (AvgIpc) is 3.02. The summed E-state index contributed by atoms with van der Waals surface area (Å²) >= 11 is 1.61. The van der Waals surface area contributed by atoms with Crippen LogP contribution in [-0.4, -0.2) is 15.9 Å².